The number of benzene rings is 14. The molecular weight excluding hydrogens is 1200 g/mol. The molecule has 18 aromatic rings. The van der Waals surface area contributed by atoms with Gasteiger partial charge in [0.15, 0.2) is 11.6 Å². The van der Waals surface area contributed by atoms with Gasteiger partial charge in [-0.15, -0.1) is 0 Å². The van der Waals surface area contributed by atoms with Gasteiger partial charge in [0, 0.05) is 65.6 Å². The van der Waals surface area contributed by atoms with Crippen molar-refractivity contribution >= 4 is 65.4 Å². The molecule has 14 aromatic carbocycles. The first-order valence-electron chi connectivity index (χ1n) is 34.3. The summed E-state index contributed by atoms with van der Waals surface area (Å²) < 4.78 is 7.24. The molecule has 6 nitrogen and oxygen atoms in total. The van der Waals surface area contributed by atoms with Crippen LogP contribution in [0, 0.1) is 0 Å². The van der Waals surface area contributed by atoms with Gasteiger partial charge in [0.1, 0.15) is 0 Å². The third kappa shape index (κ3) is 8.72. The minimum Gasteiger partial charge on any atom is -0.309 e. The second kappa shape index (κ2) is 21.5. The van der Waals surface area contributed by atoms with Crippen molar-refractivity contribution < 1.29 is 0 Å². The fourth-order valence-corrected chi connectivity index (χ4v) is 16.7. The first-order valence-corrected chi connectivity index (χ1v) is 34.3. The van der Waals surface area contributed by atoms with Crippen molar-refractivity contribution in [2.24, 2.45) is 0 Å². The van der Waals surface area contributed by atoms with E-state index >= 15 is 0 Å². The summed E-state index contributed by atoms with van der Waals surface area (Å²) in [7, 11) is 0. The largest absolute Gasteiger partial charge is 0.309 e. The lowest BCUT2D eigenvalue weighted by Crippen LogP contribution is -2.15. The fourth-order valence-electron chi connectivity index (χ4n) is 16.7. The summed E-state index contributed by atoms with van der Waals surface area (Å²) in [6, 6.07) is 116. The average Bonchev–Trinajstić information content (AvgIpc) is 1.58. The molecular formula is C93H64N6. The second-order valence-electron chi connectivity index (χ2n) is 27.9. The topological polar surface area (TPSA) is 53.5 Å². The SMILES string of the molecule is CC1(C)c2ccccc2-c2ccc(-n3c4ccccc4c4ccc(-c5ccc6c7ccc(-c8ccc9c%10ccccc%10n(-c%10ccc%11c(c%10)C(C)(C)c%10ccccc%10-%11)c9c8)cc7n(-c7nc(-c8ccc(-c9ccccc9)cc8)nc(-c8ccc(-c9ccccc9)cc8)n7)c6c5)cc43)cc21. The Balaban J connectivity index is 0.794. The van der Waals surface area contributed by atoms with Crippen LogP contribution in [0.5, 0.6) is 0 Å². The molecule has 0 radical (unpaired) electrons. The maximum atomic E-state index is 5.60. The van der Waals surface area contributed by atoms with Gasteiger partial charge in [0.05, 0.1) is 33.1 Å². The van der Waals surface area contributed by atoms with Gasteiger partial charge in [-0.2, -0.15) is 9.97 Å². The molecule has 0 unspecified atom stereocenters. The molecule has 4 aromatic heterocycles. The molecule has 2 aliphatic carbocycles. The van der Waals surface area contributed by atoms with Crippen molar-refractivity contribution in [2.45, 2.75) is 38.5 Å². The number of rotatable bonds is 9. The Morgan fingerprint density at radius 2 is 0.515 bits per heavy atom. The molecule has 4 heterocycles. The van der Waals surface area contributed by atoms with Gasteiger partial charge >= 0.3 is 0 Å². The summed E-state index contributed by atoms with van der Waals surface area (Å²) in [6.07, 6.45) is 0. The quantitative estimate of drug-likeness (QED) is 0.145. The molecule has 0 aliphatic heterocycles. The Bertz CT molecular complexity index is 6000. The van der Waals surface area contributed by atoms with Crippen LogP contribution >= 0.6 is 0 Å². The number of nitrogens with zero attached hydrogens (tertiary/aromatic N) is 6. The molecule has 0 atom stereocenters. The highest BCUT2D eigenvalue weighted by Crippen LogP contribution is 2.52. The molecule has 466 valence electrons. The van der Waals surface area contributed by atoms with Crippen LogP contribution in [0.25, 0.3) is 172 Å². The molecule has 6 heteroatoms. The van der Waals surface area contributed by atoms with E-state index in [1.807, 2.05) is 0 Å². The average molecular weight is 1270 g/mol. The molecule has 2 aliphatic rings. The van der Waals surface area contributed by atoms with Gasteiger partial charge in [0.2, 0.25) is 5.95 Å². The lowest BCUT2D eigenvalue weighted by molar-refractivity contribution is 0.660. The Labute approximate surface area is 573 Å². The summed E-state index contributed by atoms with van der Waals surface area (Å²) in [5, 5.41) is 7.05. The highest BCUT2D eigenvalue weighted by Gasteiger charge is 2.37. The zero-order valence-corrected chi connectivity index (χ0v) is 55.2. The molecule has 0 saturated carbocycles. The van der Waals surface area contributed by atoms with Gasteiger partial charge in [-0.25, -0.2) is 4.98 Å². The normalized spacial score (nSPS) is 13.4. The van der Waals surface area contributed by atoms with E-state index in [4.69, 9.17) is 15.0 Å². The van der Waals surface area contributed by atoms with Crippen molar-refractivity contribution in [1.82, 2.24) is 28.7 Å². The molecule has 0 N–H and O–H groups in total. The van der Waals surface area contributed by atoms with Crippen LogP contribution in [0.15, 0.2) is 315 Å². The van der Waals surface area contributed by atoms with Crippen LogP contribution in [0.2, 0.25) is 0 Å². The van der Waals surface area contributed by atoms with E-state index in [0.29, 0.717) is 17.6 Å². The van der Waals surface area contributed by atoms with Crippen molar-refractivity contribution in [1.29, 1.82) is 0 Å². The summed E-state index contributed by atoms with van der Waals surface area (Å²) in [6.45, 7) is 9.45. The predicted octanol–water partition coefficient (Wildman–Crippen LogP) is 23.8. The maximum absolute atomic E-state index is 5.60. The number of para-hydroxylation sites is 2. The lowest BCUT2D eigenvalue weighted by Gasteiger charge is -2.22. The maximum Gasteiger partial charge on any atom is 0.238 e. The van der Waals surface area contributed by atoms with E-state index in [1.165, 1.54) is 77.1 Å². The Hall–Kier alpha value is -12.5. The van der Waals surface area contributed by atoms with Gasteiger partial charge in [-0.1, -0.05) is 282 Å². The number of aromatic nitrogens is 6. The van der Waals surface area contributed by atoms with Crippen LogP contribution in [0.1, 0.15) is 49.9 Å². The number of fused-ring (bicyclic) bond motifs is 15. The summed E-state index contributed by atoms with van der Waals surface area (Å²) in [4.78, 5) is 16.6. The summed E-state index contributed by atoms with van der Waals surface area (Å²) >= 11 is 0. The molecule has 0 fully saturated rings. The van der Waals surface area contributed by atoms with Crippen LogP contribution in [-0.2, 0) is 10.8 Å². The predicted molar refractivity (Wildman–Crippen MR) is 411 cm³/mol. The molecule has 0 bridgehead atoms. The van der Waals surface area contributed by atoms with Crippen LogP contribution in [0.3, 0.4) is 0 Å². The van der Waals surface area contributed by atoms with Gasteiger partial charge in [0.25, 0.3) is 0 Å². The van der Waals surface area contributed by atoms with Crippen LogP contribution < -0.4 is 0 Å². The smallest absolute Gasteiger partial charge is 0.238 e. The van der Waals surface area contributed by atoms with Gasteiger partial charge < -0.3 is 9.13 Å². The third-order valence-electron chi connectivity index (χ3n) is 21.8. The highest BCUT2D eigenvalue weighted by molar-refractivity contribution is 6.14. The third-order valence-corrected chi connectivity index (χ3v) is 21.8. The molecule has 20 rings (SSSR count). The van der Waals surface area contributed by atoms with Crippen LogP contribution in [0.4, 0.5) is 0 Å². The van der Waals surface area contributed by atoms with Crippen molar-refractivity contribution in [3.8, 4) is 107 Å². The van der Waals surface area contributed by atoms with E-state index in [1.54, 1.807) is 0 Å². The Morgan fingerprint density at radius 3 is 0.919 bits per heavy atom. The minimum atomic E-state index is -0.148. The zero-order chi connectivity index (χ0) is 65.8. The van der Waals surface area contributed by atoms with Gasteiger partial charge in [-0.3, -0.25) is 4.57 Å². The summed E-state index contributed by atoms with van der Waals surface area (Å²) in [5.74, 6) is 1.69. The van der Waals surface area contributed by atoms with Crippen molar-refractivity contribution in [3.05, 3.63) is 338 Å². The zero-order valence-electron chi connectivity index (χ0n) is 55.2. The molecule has 99 heavy (non-hydrogen) atoms. The number of hydrogen-bond donors (Lipinski definition) is 0. The Kier molecular flexibility index (Phi) is 12.3. The minimum absolute atomic E-state index is 0.148. The first kappa shape index (κ1) is 56.8. The van der Waals surface area contributed by atoms with E-state index in [9.17, 15) is 0 Å². The van der Waals surface area contributed by atoms with Gasteiger partial charge in [-0.05, 0) is 150 Å². The lowest BCUT2D eigenvalue weighted by atomic mass is 9.82. The molecule has 0 saturated heterocycles. The molecule has 0 amide bonds. The highest BCUT2D eigenvalue weighted by atomic mass is 15.2. The monoisotopic (exact) mass is 1260 g/mol. The van der Waals surface area contributed by atoms with E-state index in [0.717, 1.165) is 99.8 Å². The van der Waals surface area contributed by atoms with Crippen molar-refractivity contribution in [2.75, 3.05) is 0 Å². The van der Waals surface area contributed by atoms with Crippen molar-refractivity contribution in [3.63, 3.8) is 0 Å². The summed E-state index contributed by atoms with van der Waals surface area (Å²) in [5.41, 5.74) is 30.0. The standard InChI is InChI=1S/C93H64N6/c1-92(2)79-27-15-11-23-69(79)71-49-43-67(55-81(71)92)97-83-29-17-13-25-73(83)75-45-39-63(51-85(75)97)65-41-47-77-78-48-42-66(64-40-46-76-74-26-14-18-30-84(74)98(86(76)52-64)68-44-50-72-70-24-12-16-28-80(70)93(3,4)82(72)56-68)54-88(78)99(87(77)53-65)91-95-89(61-35-31-59(32-36-61)57-19-7-5-8-20-57)94-90(96-91)62-37-33-60(34-38-62)58-21-9-6-10-22-58/h5-56H,1-4H3. The number of hydrogen-bond acceptors (Lipinski definition) is 3. The van der Waals surface area contributed by atoms with E-state index in [-0.39, 0.29) is 10.8 Å². The fraction of sp³-hybridized carbons (Fsp3) is 0.0645. The second-order valence-corrected chi connectivity index (χ2v) is 27.9. The molecule has 0 spiro atoms. The first-order chi connectivity index (χ1) is 48.6. The Morgan fingerprint density at radius 1 is 0.212 bits per heavy atom. The van der Waals surface area contributed by atoms with E-state index < -0.39 is 0 Å². The van der Waals surface area contributed by atoms with Crippen LogP contribution in [-0.4, -0.2) is 28.7 Å². The van der Waals surface area contributed by atoms with E-state index in [2.05, 4.69) is 357 Å².